The average Bonchev–Trinajstić information content (AvgIpc) is 2.60. The molecule has 1 aromatic carbocycles. The standard InChI is InChI=1S/C6H5N3O.C4H6O3/c10-9-6-4-2-1-3-5(6)7-8-9;1-3(5)7-4(2)6/h1-4,10H;1-2H3. The van der Waals surface area contributed by atoms with E-state index >= 15 is 0 Å². The fourth-order valence-electron chi connectivity index (χ4n) is 1.06. The van der Waals surface area contributed by atoms with E-state index in [0.29, 0.717) is 11.0 Å². The van der Waals surface area contributed by atoms with Gasteiger partial charge in [-0.3, -0.25) is 9.59 Å². The number of benzene rings is 1. The van der Waals surface area contributed by atoms with Gasteiger partial charge < -0.3 is 9.94 Å². The summed E-state index contributed by atoms with van der Waals surface area (Å²) in [6.07, 6.45) is 0. The van der Waals surface area contributed by atoms with Gasteiger partial charge >= 0.3 is 11.9 Å². The lowest BCUT2D eigenvalue weighted by Crippen LogP contribution is -2.03. The lowest BCUT2D eigenvalue weighted by atomic mass is 10.3. The molecule has 1 N–H and O–H groups in total. The van der Waals surface area contributed by atoms with E-state index in [4.69, 9.17) is 5.21 Å². The average molecular weight is 237 g/mol. The summed E-state index contributed by atoms with van der Waals surface area (Å²) < 4.78 is 3.97. The minimum atomic E-state index is -0.562. The van der Waals surface area contributed by atoms with Crippen LogP contribution in [0, 0.1) is 0 Å². The summed E-state index contributed by atoms with van der Waals surface area (Å²) in [4.78, 5) is 20.4. The minimum absolute atomic E-state index is 0.562. The zero-order chi connectivity index (χ0) is 12.8. The second kappa shape index (κ2) is 5.59. The molecule has 0 amide bonds. The van der Waals surface area contributed by atoms with Crippen molar-refractivity contribution in [2.24, 2.45) is 0 Å². The number of carbonyl (C=O) groups is 2. The van der Waals surface area contributed by atoms with Crippen molar-refractivity contribution in [3.05, 3.63) is 24.3 Å². The minimum Gasteiger partial charge on any atom is -0.410 e. The van der Waals surface area contributed by atoms with Crippen LogP contribution in [0.25, 0.3) is 11.0 Å². The van der Waals surface area contributed by atoms with Gasteiger partial charge in [0.15, 0.2) is 0 Å². The summed E-state index contributed by atoms with van der Waals surface area (Å²) in [5.41, 5.74) is 1.33. The normalized spacial score (nSPS) is 9.29. The lowest BCUT2D eigenvalue weighted by molar-refractivity contribution is -0.156. The molecular formula is C10H11N3O4. The molecule has 7 nitrogen and oxygen atoms in total. The highest BCUT2D eigenvalue weighted by molar-refractivity contribution is 5.82. The van der Waals surface area contributed by atoms with Crippen LogP contribution in [0.1, 0.15) is 13.8 Å². The fraction of sp³-hybridized carbons (Fsp3) is 0.200. The lowest BCUT2D eigenvalue weighted by Gasteiger charge is -1.87. The molecule has 0 aliphatic heterocycles. The summed E-state index contributed by atoms with van der Waals surface area (Å²) in [5, 5.41) is 16.1. The molecule has 2 aromatic rings. The third-order valence-corrected chi connectivity index (χ3v) is 1.62. The Morgan fingerprint density at radius 1 is 1.24 bits per heavy atom. The van der Waals surface area contributed by atoms with Crippen molar-refractivity contribution in [1.29, 1.82) is 0 Å². The van der Waals surface area contributed by atoms with Crippen LogP contribution >= 0.6 is 0 Å². The van der Waals surface area contributed by atoms with E-state index in [1.165, 1.54) is 13.8 Å². The number of ether oxygens (including phenoxy) is 1. The van der Waals surface area contributed by atoms with Gasteiger partial charge in [-0.15, -0.1) is 5.10 Å². The van der Waals surface area contributed by atoms with Crippen molar-refractivity contribution in [3.63, 3.8) is 0 Å². The van der Waals surface area contributed by atoms with Crippen LogP contribution in [0.2, 0.25) is 0 Å². The van der Waals surface area contributed by atoms with Crippen LogP contribution in [0.4, 0.5) is 0 Å². The second-order valence-electron chi connectivity index (χ2n) is 3.05. The molecule has 0 bridgehead atoms. The first-order chi connectivity index (χ1) is 8.00. The molecule has 0 aliphatic rings. The van der Waals surface area contributed by atoms with Crippen LogP contribution in [-0.2, 0) is 14.3 Å². The fourth-order valence-corrected chi connectivity index (χ4v) is 1.06. The summed E-state index contributed by atoms with van der Waals surface area (Å²) >= 11 is 0. The second-order valence-corrected chi connectivity index (χ2v) is 3.05. The predicted molar refractivity (Wildman–Crippen MR) is 57.2 cm³/mol. The summed E-state index contributed by atoms with van der Waals surface area (Å²) in [6.45, 7) is 2.36. The third kappa shape index (κ3) is 3.90. The van der Waals surface area contributed by atoms with Gasteiger partial charge in [-0.1, -0.05) is 17.0 Å². The molecule has 0 spiro atoms. The Bertz CT molecular complexity index is 523. The molecule has 0 aliphatic carbocycles. The van der Waals surface area contributed by atoms with Crippen LogP contribution < -0.4 is 0 Å². The van der Waals surface area contributed by atoms with Crippen LogP contribution in [0.5, 0.6) is 0 Å². The van der Waals surface area contributed by atoms with Gasteiger partial charge in [0, 0.05) is 13.8 Å². The Morgan fingerprint density at radius 2 is 1.82 bits per heavy atom. The molecule has 0 radical (unpaired) electrons. The monoisotopic (exact) mass is 237 g/mol. The van der Waals surface area contributed by atoms with Crippen molar-refractivity contribution in [2.75, 3.05) is 0 Å². The maximum atomic E-state index is 9.81. The number of nitrogens with zero attached hydrogens (tertiary/aromatic N) is 3. The van der Waals surface area contributed by atoms with Gasteiger partial charge in [0.1, 0.15) is 11.0 Å². The Kier molecular flexibility index (Phi) is 4.15. The molecule has 0 atom stereocenters. The van der Waals surface area contributed by atoms with Crippen LogP contribution in [-0.4, -0.2) is 32.3 Å². The van der Waals surface area contributed by atoms with E-state index in [2.05, 4.69) is 15.0 Å². The van der Waals surface area contributed by atoms with Gasteiger partial charge in [-0.2, -0.15) is 0 Å². The van der Waals surface area contributed by atoms with Crippen molar-refractivity contribution in [1.82, 2.24) is 15.2 Å². The number of hydrogen-bond donors (Lipinski definition) is 1. The van der Waals surface area contributed by atoms with E-state index in [1.54, 1.807) is 12.1 Å². The quantitative estimate of drug-likeness (QED) is 0.413. The number of hydrogen-bond acceptors (Lipinski definition) is 6. The zero-order valence-corrected chi connectivity index (χ0v) is 9.32. The molecule has 1 heterocycles. The zero-order valence-electron chi connectivity index (χ0n) is 9.32. The number of para-hydroxylation sites is 1. The molecule has 0 unspecified atom stereocenters. The van der Waals surface area contributed by atoms with Crippen LogP contribution in [0.3, 0.4) is 0 Å². The molecule has 1 aromatic heterocycles. The first kappa shape index (κ1) is 12.6. The van der Waals surface area contributed by atoms with E-state index in [9.17, 15) is 9.59 Å². The molecule has 90 valence electrons. The maximum Gasteiger partial charge on any atom is 0.310 e. The Balaban J connectivity index is 0.000000185. The topological polar surface area (TPSA) is 94.3 Å². The van der Waals surface area contributed by atoms with Crippen molar-refractivity contribution < 1.29 is 19.5 Å². The Morgan fingerprint density at radius 3 is 2.29 bits per heavy atom. The van der Waals surface area contributed by atoms with Gasteiger partial charge in [-0.05, 0) is 17.3 Å². The third-order valence-electron chi connectivity index (χ3n) is 1.62. The van der Waals surface area contributed by atoms with Gasteiger partial charge in [0.05, 0.1) is 0 Å². The van der Waals surface area contributed by atoms with E-state index in [0.717, 1.165) is 4.85 Å². The van der Waals surface area contributed by atoms with Crippen molar-refractivity contribution >= 4 is 23.0 Å². The van der Waals surface area contributed by atoms with E-state index in [1.807, 2.05) is 12.1 Å². The van der Waals surface area contributed by atoms with Gasteiger partial charge in [0.25, 0.3) is 0 Å². The first-order valence-corrected chi connectivity index (χ1v) is 4.69. The molecular weight excluding hydrogens is 226 g/mol. The molecule has 7 heteroatoms. The smallest absolute Gasteiger partial charge is 0.310 e. The number of carbonyl (C=O) groups excluding carboxylic acids is 2. The van der Waals surface area contributed by atoms with E-state index < -0.39 is 11.9 Å². The Hall–Kier alpha value is -2.44. The van der Waals surface area contributed by atoms with Gasteiger partial charge in [-0.25, -0.2) is 0 Å². The molecule has 17 heavy (non-hydrogen) atoms. The van der Waals surface area contributed by atoms with Crippen LogP contribution in [0.15, 0.2) is 24.3 Å². The molecule has 0 saturated carbocycles. The number of fused-ring (bicyclic) bond motifs is 1. The summed E-state index contributed by atoms with van der Waals surface area (Å²) in [6, 6.07) is 7.19. The van der Waals surface area contributed by atoms with Crippen molar-refractivity contribution in [2.45, 2.75) is 13.8 Å². The highest BCUT2D eigenvalue weighted by Gasteiger charge is 1.98. The summed E-state index contributed by atoms with van der Waals surface area (Å²) in [7, 11) is 0. The SMILES string of the molecule is CC(=O)OC(C)=O.On1nnc2ccccc21. The maximum absolute atomic E-state index is 9.81. The Labute approximate surface area is 96.6 Å². The van der Waals surface area contributed by atoms with Crippen molar-refractivity contribution in [3.8, 4) is 0 Å². The number of rotatable bonds is 0. The predicted octanol–water partition coefficient (Wildman–Crippen LogP) is 0.765. The number of esters is 2. The number of aromatic nitrogens is 3. The largest absolute Gasteiger partial charge is 0.410 e. The summed E-state index contributed by atoms with van der Waals surface area (Å²) in [5.74, 6) is -1.12. The highest BCUT2D eigenvalue weighted by atomic mass is 16.6. The first-order valence-electron chi connectivity index (χ1n) is 4.69. The van der Waals surface area contributed by atoms with E-state index in [-0.39, 0.29) is 0 Å². The molecule has 2 rings (SSSR count). The highest BCUT2D eigenvalue weighted by Crippen LogP contribution is 2.06. The molecule has 0 saturated heterocycles. The molecule has 0 fully saturated rings. The van der Waals surface area contributed by atoms with Gasteiger partial charge in [0.2, 0.25) is 0 Å².